The number of aliphatic carboxylic acids is 1. The third kappa shape index (κ3) is 1.97. The Labute approximate surface area is 102 Å². The second-order valence-corrected chi connectivity index (χ2v) is 7.14. The fraction of sp³-hybridized carbons (Fsp3) is 0.909. The lowest BCUT2D eigenvalue weighted by Gasteiger charge is -2.33. The molecule has 1 saturated heterocycles. The molecule has 1 atom stereocenters. The van der Waals surface area contributed by atoms with E-state index in [-0.39, 0.29) is 5.25 Å². The zero-order valence-corrected chi connectivity index (χ0v) is 10.9. The van der Waals surface area contributed by atoms with Gasteiger partial charge < -0.3 is 5.11 Å². The zero-order valence-electron chi connectivity index (χ0n) is 10.1. The summed E-state index contributed by atoms with van der Waals surface area (Å²) >= 11 is 0. The summed E-state index contributed by atoms with van der Waals surface area (Å²) in [6, 6.07) is 0. The van der Waals surface area contributed by atoms with Gasteiger partial charge in [0.25, 0.3) is 0 Å². The van der Waals surface area contributed by atoms with Crippen molar-refractivity contribution in [2.45, 2.75) is 56.2 Å². The first-order valence-electron chi connectivity index (χ1n) is 6.20. The minimum atomic E-state index is -3.39. The quantitative estimate of drug-likeness (QED) is 0.807. The zero-order chi connectivity index (χ0) is 12.7. The van der Waals surface area contributed by atoms with Crippen LogP contribution in [0.3, 0.4) is 0 Å². The molecule has 2 aliphatic rings. The molecule has 5 nitrogen and oxygen atoms in total. The molecule has 17 heavy (non-hydrogen) atoms. The van der Waals surface area contributed by atoms with Crippen LogP contribution in [-0.2, 0) is 14.8 Å². The van der Waals surface area contributed by atoms with Crippen LogP contribution in [0.1, 0.15) is 45.4 Å². The molecule has 1 heterocycles. The van der Waals surface area contributed by atoms with E-state index >= 15 is 0 Å². The van der Waals surface area contributed by atoms with Gasteiger partial charge in [-0.1, -0.05) is 13.3 Å². The molecule has 0 aromatic heterocycles. The van der Waals surface area contributed by atoms with Crippen LogP contribution in [0.5, 0.6) is 0 Å². The Morgan fingerprint density at radius 3 is 2.59 bits per heavy atom. The molecule has 1 aliphatic carbocycles. The van der Waals surface area contributed by atoms with Crippen molar-refractivity contribution in [1.29, 1.82) is 0 Å². The second kappa shape index (κ2) is 4.24. The molecule has 0 aromatic rings. The summed E-state index contributed by atoms with van der Waals surface area (Å²) < 4.78 is 25.8. The van der Waals surface area contributed by atoms with E-state index in [4.69, 9.17) is 0 Å². The summed E-state index contributed by atoms with van der Waals surface area (Å²) in [6.45, 7) is 2.26. The van der Waals surface area contributed by atoms with Crippen LogP contribution in [0.25, 0.3) is 0 Å². The third-order valence-electron chi connectivity index (χ3n) is 3.74. The first kappa shape index (κ1) is 12.8. The Bertz CT molecular complexity index is 415. The van der Waals surface area contributed by atoms with E-state index in [1.807, 2.05) is 6.92 Å². The molecule has 0 aromatic carbocycles. The first-order valence-corrected chi connectivity index (χ1v) is 7.70. The third-order valence-corrected chi connectivity index (χ3v) is 6.20. The average molecular weight is 261 g/mol. The smallest absolute Gasteiger partial charge is 0.325 e. The highest BCUT2D eigenvalue weighted by Gasteiger charge is 2.55. The minimum Gasteiger partial charge on any atom is -0.480 e. The topological polar surface area (TPSA) is 74.7 Å². The predicted molar refractivity (Wildman–Crippen MR) is 63.2 cm³/mol. The van der Waals surface area contributed by atoms with E-state index in [9.17, 15) is 18.3 Å². The van der Waals surface area contributed by atoms with Crippen LogP contribution in [-0.4, -0.2) is 41.1 Å². The maximum atomic E-state index is 12.3. The number of hydrogen-bond donors (Lipinski definition) is 1. The van der Waals surface area contributed by atoms with E-state index in [0.717, 1.165) is 0 Å². The number of carboxylic acid groups (broad SMARTS) is 1. The van der Waals surface area contributed by atoms with Crippen LogP contribution >= 0.6 is 0 Å². The Balaban J connectivity index is 2.34. The second-order valence-electron chi connectivity index (χ2n) is 5.01. The number of sulfonamides is 1. The molecule has 1 saturated carbocycles. The molecule has 0 amide bonds. The highest BCUT2D eigenvalue weighted by atomic mass is 32.2. The molecule has 2 fully saturated rings. The average Bonchev–Trinajstić information content (AvgIpc) is 3.01. The summed E-state index contributed by atoms with van der Waals surface area (Å²) in [5.41, 5.74) is -1.17. The summed E-state index contributed by atoms with van der Waals surface area (Å²) in [4.78, 5) is 11.5. The molecule has 1 aliphatic heterocycles. The van der Waals surface area contributed by atoms with Gasteiger partial charge in [-0.2, -0.15) is 4.31 Å². The summed E-state index contributed by atoms with van der Waals surface area (Å²) in [5.74, 6) is -0.985. The van der Waals surface area contributed by atoms with Gasteiger partial charge in [-0.15, -0.1) is 0 Å². The van der Waals surface area contributed by atoms with Gasteiger partial charge in [-0.05, 0) is 32.1 Å². The van der Waals surface area contributed by atoms with Gasteiger partial charge in [0, 0.05) is 6.54 Å². The van der Waals surface area contributed by atoms with Gasteiger partial charge in [0.1, 0.15) is 5.54 Å². The van der Waals surface area contributed by atoms with Gasteiger partial charge in [0.15, 0.2) is 0 Å². The fourth-order valence-electron chi connectivity index (χ4n) is 2.75. The van der Waals surface area contributed by atoms with Crippen LogP contribution in [0.4, 0.5) is 0 Å². The maximum absolute atomic E-state index is 12.3. The monoisotopic (exact) mass is 261 g/mol. The maximum Gasteiger partial charge on any atom is 0.325 e. The molecule has 0 spiro atoms. The number of carboxylic acids is 1. The van der Waals surface area contributed by atoms with E-state index in [0.29, 0.717) is 45.1 Å². The Morgan fingerprint density at radius 2 is 2.12 bits per heavy atom. The number of nitrogens with zero attached hydrogens (tertiary/aromatic N) is 1. The van der Waals surface area contributed by atoms with Gasteiger partial charge in [0.05, 0.1) is 5.25 Å². The molecular weight excluding hydrogens is 242 g/mol. The fourth-order valence-corrected chi connectivity index (χ4v) is 4.98. The van der Waals surface area contributed by atoms with E-state index in [1.54, 1.807) is 0 Å². The molecule has 1 N–H and O–H groups in total. The molecule has 6 heteroatoms. The van der Waals surface area contributed by atoms with Crippen molar-refractivity contribution >= 4 is 16.0 Å². The minimum absolute atomic E-state index is 0.323. The largest absolute Gasteiger partial charge is 0.480 e. The molecule has 98 valence electrons. The lowest BCUT2D eigenvalue weighted by molar-refractivity contribution is -0.147. The first-order chi connectivity index (χ1) is 7.95. The summed E-state index contributed by atoms with van der Waals surface area (Å²) in [7, 11) is -3.39. The molecule has 1 unspecified atom stereocenters. The Morgan fingerprint density at radius 1 is 1.47 bits per heavy atom. The van der Waals surface area contributed by atoms with Crippen LogP contribution in [0.15, 0.2) is 0 Å². The van der Waals surface area contributed by atoms with E-state index < -0.39 is 21.5 Å². The molecule has 0 bridgehead atoms. The van der Waals surface area contributed by atoms with Crippen LogP contribution < -0.4 is 0 Å². The van der Waals surface area contributed by atoms with Gasteiger partial charge in [-0.25, -0.2) is 8.42 Å². The van der Waals surface area contributed by atoms with E-state index in [1.165, 1.54) is 4.31 Å². The Kier molecular flexibility index (Phi) is 3.20. The molecular formula is C11H19NO4S. The lowest BCUT2D eigenvalue weighted by Crippen LogP contribution is -2.53. The SMILES string of the molecule is CCCC1(C(=O)O)CCCN1S(=O)(=O)C1CC1. The number of carbonyl (C=O) groups is 1. The van der Waals surface area contributed by atoms with Crippen molar-refractivity contribution in [1.82, 2.24) is 4.31 Å². The van der Waals surface area contributed by atoms with Crippen molar-refractivity contribution in [3.05, 3.63) is 0 Å². The Hall–Kier alpha value is -0.620. The number of rotatable bonds is 5. The summed E-state index contributed by atoms with van der Waals surface area (Å²) in [6.07, 6.45) is 3.55. The standard InChI is InChI=1S/C11H19NO4S/c1-2-6-11(10(13)14)7-3-8-12(11)17(15,16)9-4-5-9/h9H,2-8H2,1H3,(H,13,14). The lowest BCUT2D eigenvalue weighted by atomic mass is 9.92. The van der Waals surface area contributed by atoms with Gasteiger partial charge in [-0.3, -0.25) is 4.79 Å². The summed E-state index contributed by atoms with van der Waals surface area (Å²) in [5, 5.41) is 9.10. The molecule has 0 radical (unpaired) electrons. The van der Waals surface area contributed by atoms with Gasteiger partial charge >= 0.3 is 5.97 Å². The highest BCUT2D eigenvalue weighted by Crippen LogP contribution is 2.41. The number of hydrogen-bond acceptors (Lipinski definition) is 3. The van der Waals surface area contributed by atoms with Crippen LogP contribution in [0.2, 0.25) is 0 Å². The van der Waals surface area contributed by atoms with Crippen molar-refractivity contribution in [2.24, 2.45) is 0 Å². The van der Waals surface area contributed by atoms with Crippen LogP contribution in [0, 0.1) is 0 Å². The van der Waals surface area contributed by atoms with Crippen molar-refractivity contribution in [3.8, 4) is 0 Å². The predicted octanol–water partition coefficient (Wildman–Crippen LogP) is 1.20. The normalized spacial score (nSPS) is 30.6. The van der Waals surface area contributed by atoms with Crippen molar-refractivity contribution < 1.29 is 18.3 Å². The highest BCUT2D eigenvalue weighted by molar-refractivity contribution is 7.90. The van der Waals surface area contributed by atoms with Crippen molar-refractivity contribution in [3.63, 3.8) is 0 Å². The molecule has 2 rings (SSSR count). The van der Waals surface area contributed by atoms with Gasteiger partial charge in [0.2, 0.25) is 10.0 Å². The van der Waals surface area contributed by atoms with Crippen molar-refractivity contribution in [2.75, 3.05) is 6.54 Å². The van der Waals surface area contributed by atoms with E-state index in [2.05, 4.69) is 0 Å².